The highest BCUT2D eigenvalue weighted by Gasteiger charge is 2.33. The van der Waals surface area contributed by atoms with E-state index < -0.39 is 0 Å². The number of piperazine rings is 1. The molecule has 1 aliphatic rings. The lowest BCUT2D eigenvalue weighted by Crippen LogP contribution is -2.62. The van der Waals surface area contributed by atoms with Crippen molar-refractivity contribution < 1.29 is 4.79 Å². The van der Waals surface area contributed by atoms with Gasteiger partial charge in [-0.2, -0.15) is 0 Å². The zero-order valence-electron chi connectivity index (χ0n) is 11.7. The van der Waals surface area contributed by atoms with E-state index in [1.807, 2.05) is 42.4 Å². The van der Waals surface area contributed by atoms with Crippen molar-refractivity contribution in [3.05, 3.63) is 0 Å². The predicted molar refractivity (Wildman–Crippen MR) is 77.4 cm³/mol. The smallest absolute Gasteiger partial charge is 0.320 e. The highest BCUT2D eigenvalue weighted by Crippen LogP contribution is 2.16. The third-order valence-corrected chi connectivity index (χ3v) is 3.78. The molecule has 0 spiro atoms. The summed E-state index contributed by atoms with van der Waals surface area (Å²) < 4.78 is 0. The molecule has 2 N–H and O–H groups in total. The average Bonchev–Trinajstić information content (AvgIpc) is 2.32. The molecule has 0 bridgehead atoms. The van der Waals surface area contributed by atoms with E-state index in [0.29, 0.717) is 18.2 Å². The molecule has 5 nitrogen and oxygen atoms in total. The number of nitrogens with two attached hydrogens (primary N) is 1. The van der Waals surface area contributed by atoms with Crippen LogP contribution < -0.4 is 5.73 Å². The van der Waals surface area contributed by atoms with Gasteiger partial charge in [0.15, 0.2) is 5.11 Å². The van der Waals surface area contributed by atoms with Gasteiger partial charge in [0.05, 0.1) is 0 Å². The van der Waals surface area contributed by atoms with Crippen molar-refractivity contribution in [3.8, 4) is 0 Å². The summed E-state index contributed by atoms with van der Waals surface area (Å²) in [5.41, 5.74) is 5.70. The first-order chi connectivity index (χ1) is 8.42. The number of urea groups is 1. The fourth-order valence-electron chi connectivity index (χ4n) is 2.38. The highest BCUT2D eigenvalue weighted by molar-refractivity contribution is 7.80. The molecule has 1 saturated heterocycles. The van der Waals surface area contributed by atoms with E-state index in [-0.39, 0.29) is 18.1 Å². The minimum absolute atomic E-state index is 0.113. The Labute approximate surface area is 115 Å². The molecule has 104 valence electrons. The molecule has 1 aliphatic heterocycles. The van der Waals surface area contributed by atoms with Gasteiger partial charge < -0.3 is 20.4 Å². The van der Waals surface area contributed by atoms with E-state index in [1.54, 1.807) is 0 Å². The Morgan fingerprint density at radius 1 is 1.22 bits per heavy atom. The number of amides is 2. The van der Waals surface area contributed by atoms with E-state index >= 15 is 0 Å². The van der Waals surface area contributed by atoms with Crippen LogP contribution in [0.25, 0.3) is 0 Å². The largest absolute Gasteiger partial charge is 0.376 e. The van der Waals surface area contributed by atoms with Crippen LogP contribution in [0.15, 0.2) is 0 Å². The van der Waals surface area contributed by atoms with Gasteiger partial charge in [-0.15, -0.1) is 0 Å². The van der Waals surface area contributed by atoms with Gasteiger partial charge in [-0.3, -0.25) is 0 Å². The number of thiocarbonyl (C=S) groups is 1. The number of carbonyl (C=O) groups excluding carboxylic acids is 1. The summed E-state index contributed by atoms with van der Waals surface area (Å²) in [5.74, 6) is 0. The van der Waals surface area contributed by atoms with E-state index in [4.69, 9.17) is 18.0 Å². The Balaban J connectivity index is 2.75. The summed E-state index contributed by atoms with van der Waals surface area (Å²) in [4.78, 5) is 18.1. The van der Waals surface area contributed by atoms with Crippen LogP contribution in [0.2, 0.25) is 0 Å². The van der Waals surface area contributed by atoms with E-state index in [9.17, 15) is 4.79 Å². The molecule has 0 radical (unpaired) electrons. The van der Waals surface area contributed by atoms with Crippen molar-refractivity contribution >= 4 is 23.4 Å². The van der Waals surface area contributed by atoms with Crippen molar-refractivity contribution in [2.75, 3.05) is 26.2 Å². The van der Waals surface area contributed by atoms with Crippen LogP contribution >= 0.6 is 12.2 Å². The molecule has 2 amide bonds. The second kappa shape index (κ2) is 6.22. The molecule has 0 aromatic carbocycles. The highest BCUT2D eigenvalue weighted by atomic mass is 32.1. The van der Waals surface area contributed by atoms with E-state index in [2.05, 4.69) is 0 Å². The van der Waals surface area contributed by atoms with Crippen LogP contribution in [0.1, 0.15) is 27.7 Å². The first-order valence-corrected chi connectivity index (χ1v) is 6.94. The van der Waals surface area contributed by atoms with Crippen LogP contribution in [0, 0.1) is 0 Å². The number of hydrogen-bond acceptors (Lipinski definition) is 2. The predicted octanol–water partition coefficient (Wildman–Crippen LogP) is 1.09. The van der Waals surface area contributed by atoms with Crippen LogP contribution in [0.5, 0.6) is 0 Å². The summed E-state index contributed by atoms with van der Waals surface area (Å²) in [5, 5.41) is 0.421. The molecule has 6 heteroatoms. The molecule has 1 heterocycles. The van der Waals surface area contributed by atoms with E-state index in [0.717, 1.165) is 13.1 Å². The Hall–Kier alpha value is -1.04. The third kappa shape index (κ3) is 3.04. The number of hydrogen-bond donors (Lipinski definition) is 1. The molecule has 2 atom stereocenters. The van der Waals surface area contributed by atoms with E-state index in [1.165, 1.54) is 0 Å². The molecule has 0 aliphatic carbocycles. The Bertz CT molecular complexity index is 319. The lowest BCUT2D eigenvalue weighted by atomic mass is 10.1. The van der Waals surface area contributed by atoms with Crippen molar-refractivity contribution in [3.63, 3.8) is 0 Å². The normalized spacial score (nSPS) is 24.0. The summed E-state index contributed by atoms with van der Waals surface area (Å²) in [6.45, 7) is 11.0. The second-order valence-electron chi connectivity index (χ2n) is 4.80. The molecular formula is C12H24N4OS. The number of nitrogens with zero attached hydrogens (tertiary/aromatic N) is 3. The van der Waals surface area contributed by atoms with Gasteiger partial charge in [0.1, 0.15) is 0 Å². The van der Waals surface area contributed by atoms with Crippen LogP contribution in [0.4, 0.5) is 4.79 Å². The maximum absolute atomic E-state index is 12.4. The molecule has 0 unspecified atom stereocenters. The maximum Gasteiger partial charge on any atom is 0.320 e. The van der Waals surface area contributed by atoms with Gasteiger partial charge in [0.25, 0.3) is 0 Å². The van der Waals surface area contributed by atoms with Crippen molar-refractivity contribution in [1.82, 2.24) is 14.7 Å². The first kappa shape index (κ1) is 15.0. The summed E-state index contributed by atoms with van der Waals surface area (Å²) in [6, 6.07) is 0.427. The molecular weight excluding hydrogens is 248 g/mol. The minimum Gasteiger partial charge on any atom is -0.376 e. The number of carbonyl (C=O) groups is 1. The quantitative estimate of drug-likeness (QED) is 0.765. The van der Waals surface area contributed by atoms with Gasteiger partial charge in [0, 0.05) is 38.3 Å². The summed E-state index contributed by atoms with van der Waals surface area (Å²) >= 11 is 5.04. The summed E-state index contributed by atoms with van der Waals surface area (Å²) in [7, 11) is 0. The van der Waals surface area contributed by atoms with Gasteiger partial charge in [-0.05, 0) is 39.9 Å². The lowest BCUT2D eigenvalue weighted by molar-refractivity contribution is 0.0845. The van der Waals surface area contributed by atoms with Gasteiger partial charge in [0.2, 0.25) is 0 Å². The third-order valence-electron chi connectivity index (χ3n) is 3.55. The SMILES string of the molecule is CCN(CC)C(=O)N1C[C@@H](C)N(C(N)=S)C[C@@H]1C. The van der Waals surface area contributed by atoms with Crippen molar-refractivity contribution in [2.45, 2.75) is 39.8 Å². The van der Waals surface area contributed by atoms with Crippen LogP contribution in [-0.4, -0.2) is 64.1 Å². The minimum atomic E-state index is 0.113. The van der Waals surface area contributed by atoms with Gasteiger partial charge in [-0.1, -0.05) is 0 Å². The molecule has 18 heavy (non-hydrogen) atoms. The van der Waals surface area contributed by atoms with Crippen LogP contribution in [-0.2, 0) is 0 Å². The zero-order valence-corrected chi connectivity index (χ0v) is 12.5. The topological polar surface area (TPSA) is 52.8 Å². The first-order valence-electron chi connectivity index (χ1n) is 6.53. The molecule has 1 rings (SSSR count). The number of rotatable bonds is 2. The van der Waals surface area contributed by atoms with Gasteiger partial charge >= 0.3 is 6.03 Å². The molecule has 1 fully saturated rings. The maximum atomic E-state index is 12.4. The van der Waals surface area contributed by atoms with Crippen LogP contribution in [0.3, 0.4) is 0 Å². The fraction of sp³-hybridized carbons (Fsp3) is 0.833. The Kier molecular flexibility index (Phi) is 5.19. The standard InChI is InChI=1S/C12H24N4OS/c1-5-14(6-2)12(17)16-8-9(3)15(11(13)18)7-10(16)4/h9-10H,5-8H2,1-4H3,(H2,13,18)/t9-,10+/m1/s1. The lowest BCUT2D eigenvalue weighted by Gasteiger charge is -2.45. The molecule has 0 aromatic heterocycles. The Morgan fingerprint density at radius 2 is 1.67 bits per heavy atom. The monoisotopic (exact) mass is 272 g/mol. The summed E-state index contributed by atoms with van der Waals surface area (Å²) in [6.07, 6.45) is 0. The van der Waals surface area contributed by atoms with Crippen molar-refractivity contribution in [2.24, 2.45) is 5.73 Å². The second-order valence-corrected chi connectivity index (χ2v) is 5.21. The zero-order chi connectivity index (χ0) is 13.9. The fourth-order valence-corrected chi connectivity index (χ4v) is 2.63. The molecule has 0 saturated carbocycles. The van der Waals surface area contributed by atoms with Gasteiger partial charge in [-0.25, -0.2) is 4.79 Å². The molecule has 0 aromatic rings. The average molecular weight is 272 g/mol. The van der Waals surface area contributed by atoms with Crippen molar-refractivity contribution in [1.29, 1.82) is 0 Å². The Morgan fingerprint density at radius 3 is 2.11 bits per heavy atom.